The Bertz CT molecular complexity index is 1170. The van der Waals surface area contributed by atoms with Gasteiger partial charge in [0.2, 0.25) is 5.82 Å². The second-order valence-electron chi connectivity index (χ2n) is 7.97. The average molecular weight is 466 g/mol. The minimum atomic E-state index is -1.12. The zero-order valence-corrected chi connectivity index (χ0v) is 18.5. The lowest BCUT2D eigenvalue weighted by molar-refractivity contribution is -0.104. The van der Waals surface area contributed by atoms with Crippen molar-refractivity contribution in [2.24, 2.45) is 5.92 Å². The van der Waals surface area contributed by atoms with Crippen LogP contribution in [-0.4, -0.2) is 40.8 Å². The van der Waals surface area contributed by atoms with Crippen molar-refractivity contribution in [3.63, 3.8) is 0 Å². The van der Waals surface area contributed by atoms with E-state index in [-0.39, 0.29) is 22.7 Å². The molecule has 0 bridgehead atoms. The molecule has 1 aliphatic rings. The second-order valence-corrected chi connectivity index (χ2v) is 7.97. The van der Waals surface area contributed by atoms with Gasteiger partial charge in [-0.25, -0.2) is 14.4 Å². The highest BCUT2D eigenvalue weighted by Gasteiger charge is 2.23. The number of allylic oxidation sites excluding steroid dienone is 1. The summed E-state index contributed by atoms with van der Waals surface area (Å²) >= 11 is 0. The number of para-hydroxylation sites is 1. The van der Waals surface area contributed by atoms with Gasteiger partial charge in [-0.3, -0.25) is 4.79 Å². The highest BCUT2D eigenvalue weighted by Crippen LogP contribution is 2.37. The first-order chi connectivity index (χ1) is 16.6. The lowest BCUT2D eigenvalue weighted by Gasteiger charge is -2.31. The van der Waals surface area contributed by atoms with E-state index < -0.39 is 11.6 Å². The summed E-state index contributed by atoms with van der Waals surface area (Å²) in [5.74, 6) is -1.31. The molecule has 0 aliphatic carbocycles. The lowest BCUT2D eigenvalue weighted by Crippen LogP contribution is -2.32. The number of benzene rings is 2. The van der Waals surface area contributed by atoms with E-state index in [9.17, 15) is 9.18 Å². The summed E-state index contributed by atoms with van der Waals surface area (Å²) in [6.45, 7) is 2.25. The number of hydrogen-bond acceptors (Lipinski definition) is 7. The monoisotopic (exact) mass is 465 g/mol. The number of carbonyl (C=O) groups excluding carboxylic acids is 1. The molecule has 3 N–H and O–H groups in total. The van der Waals surface area contributed by atoms with E-state index >= 15 is 4.39 Å². The summed E-state index contributed by atoms with van der Waals surface area (Å²) in [5.41, 5.74) is 6.21. The lowest BCUT2D eigenvalue weighted by atomic mass is 9.97. The fraction of sp³-hybridized carbons (Fsp3) is 0.240. The normalized spacial score (nSPS) is 14.4. The molecule has 0 unspecified atom stereocenters. The van der Waals surface area contributed by atoms with Crippen LogP contribution in [-0.2, 0) is 4.79 Å². The van der Waals surface area contributed by atoms with Gasteiger partial charge in [-0.1, -0.05) is 18.2 Å². The van der Waals surface area contributed by atoms with Gasteiger partial charge >= 0.3 is 0 Å². The maximum atomic E-state index is 15.1. The third kappa shape index (κ3) is 5.31. The van der Waals surface area contributed by atoms with Crippen LogP contribution in [0, 0.1) is 17.6 Å². The van der Waals surface area contributed by atoms with Gasteiger partial charge in [-0.15, -0.1) is 0 Å². The van der Waals surface area contributed by atoms with E-state index in [0.29, 0.717) is 24.0 Å². The van der Waals surface area contributed by atoms with E-state index in [1.165, 1.54) is 24.5 Å². The van der Waals surface area contributed by atoms with Crippen LogP contribution in [0.1, 0.15) is 12.8 Å². The van der Waals surface area contributed by atoms with Crippen LogP contribution in [0.5, 0.6) is 11.5 Å². The standard InChI is InChI=1S/C25H25F2N5O2/c26-22-19(7-8-20(23(22)27)34-18-5-2-1-3-6-18)21-24(28)30-16-31-25(21)29-15-17-9-12-32(13-10-17)11-4-14-33/h1-8,11,14,16-17H,9-10,12-13,15H2,(H3,28,29,30,31). The van der Waals surface area contributed by atoms with E-state index in [4.69, 9.17) is 10.5 Å². The van der Waals surface area contributed by atoms with Crippen LogP contribution in [0.25, 0.3) is 11.1 Å². The molecule has 7 nitrogen and oxygen atoms in total. The smallest absolute Gasteiger partial charge is 0.201 e. The molecule has 4 rings (SSSR count). The van der Waals surface area contributed by atoms with E-state index in [1.54, 1.807) is 36.5 Å². The Labute approximate surface area is 196 Å². The molecule has 0 atom stereocenters. The van der Waals surface area contributed by atoms with Gasteiger partial charge in [-0.2, -0.15) is 4.39 Å². The molecule has 3 aromatic rings. The summed E-state index contributed by atoms with van der Waals surface area (Å²) in [7, 11) is 0. The maximum absolute atomic E-state index is 15.1. The number of likely N-dealkylation sites (tertiary alicyclic amines) is 1. The molecule has 0 radical (unpaired) electrons. The highest BCUT2D eigenvalue weighted by atomic mass is 19.2. The van der Waals surface area contributed by atoms with Crippen molar-refractivity contribution < 1.29 is 18.3 Å². The minimum Gasteiger partial charge on any atom is -0.454 e. The first-order valence-electron chi connectivity index (χ1n) is 11.0. The van der Waals surface area contributed by atoms with Crippen LogP contribution in [0.3, 0.4) is 0 Å². The molecule has 0 amide bonds. The SMILES string of the molecule is Nc1ncnc(NCC2CCN(C=CC=O)CC2)c1-c1ccc(Oc2ccccc2)c(F)c1F. The number of halogens is 2. The molecular formula is C25H25F2N5O2. The summed E-state index contributed by atoms with van der Waals surface area (Å²) in [5, 5.41) is 3.24. The molecular weight excluding hydrogens is 440 g/mol. The van der Waals surface area contributed by atoms with Gasteiger partial charge in [0.25, 0.3) is 0 Å². The minimum absolute atomic E-state index is 0.0429. The first kappa shape index (κ1) is 23.2. The van der Waals surface area contributed by atoms with Crippen LogP contribution in [0.2, 0.25) is 0 Å². The molecule has 1 fully saturated rings. The summed E-state index contributed by atoms with van der Waals surface area (Å²) in [4.78, 5) is 20.8. The predicted molar refractivity (Wildman–Crippen MR) is 126 cm³/mol. The number of hydrogen-bond donors (Lipinski definition) is 2. The van der Waals surface area contributed by atoms with Gasteiger partial charge in [0.05, 0.1) is 5.56 Å². The Balaban J connectivity index is 1.51. The van der Waals surface area contributed by atoms with Crippen LogP contribution < -0.4 is 15.8 Å². The number of carbonyl (C=O) groups is 1. The quantitative estimate of drug-likeness (QED) is 0.370. The van der Waals surface area contributed by atoms with Crippen molar-refractivity contribution in [1.29, 1.82) is 0 Å². The fourth-order valence-corrected chi connectivity index (χ4v) is 3.92. The van der Waals surface area contributed by atoms with Crippen molar-refractivity contribution in [2.75, 3.05) is 30.7 Å². The number of aldehydes is 1. The van der Waals surface area contributed by atoms with Crippen molar-refractivity contribution in [3.8, 4) is 22.6 Å². The molecule has 1 aliphatic heterocycles. The number of aromatic nitrogens is 2. The fourth-order valence-electron chi connectivity index (χ4n) is 3.92. The first-order valence-corrected chi connectivity index (χ1v) is 11.0. The Kier molecular flexibility index (Phi) is 7.31. The van der Waals surface area contributed by atoms with E-state index in [0.717, 1.165) is 32.2 Å². The largest absolute Gasteiger partial charge is 0.454 e. The molecule has 1 saturated heterocycles. The second kappa shape index (κ2) is 10.7. The molecule has 9 heteroatoms. The predicted octanol–water partition coefficient (Wildman–Crippen LogP) is 4.63. The zero-order valence-electron chi connectivity index (χ0n) is 18.5. The van der Waals surface area contributed by atoms with Crippen molar-refractivity contribution >= 4 is 17.9 Å². The van der Waals surface area contributed by atoms with Gasteiger partial charge < -0.3 is 20.7 Å². The van der Waals surface area contributed by atoms with Gasteiger partial charge in [-0.05, 0) is 49.1 Å². The summed E-state index contributed by atoms with van der Waals surface area (Å²) in [6.07, 6.45) is 7.16. The number of nitrogens with two attached hydrogens (primary N) is 1. The summed E-state index contributed by atoms with van der Waals surface area (Å²) < 4.78 is 35.5. The zero-order chi connectivity index (χ0) is 23.9. The van der Waals surface area contributed by atoms with Crippen molar-refractivity contribution in [3.05, 3.63) is 72.7 Å². The Morgan fingerprint density at radius 3 is 2.59 bits per heavy atom. The van der Waals surface area contributed by atoms with E-state index in [2.05, 4.69) is 20.2 Å². The molecule has 34 heavy (non-hydrogen) atoms. The van der Waals surface area contributed by atoms with Crippen LogP contribution >= 0.6 is 0 Å². The summed E-state index contributed by atoms with van der Waals surface area (Å²) in [6, 6.07) is 11.4. The number of ether oxygens (including phenoxy) is 1. The number of nitrogens with one attached hydrogen (secondary N) is 1. The maximum Gasteiger partial charge on any atom is 0.201 e. The Morgan fingerprint density at radius 1 is 1.09 bits per heavy atom. The third-order valence-electron chi connectivity index (χ3n) is 5.75. The highest BCUT2D eigenvalue weighted by molar-refractivity contribution is 5.84. The van der Waals surface area contributed by atoms with Crippen LogP contribution in [0.4, 0.5) is 20.4 Å². The number of nitrogen functional groups attached to an aromatic ring is 1. The van der Waals surface area contributed by atoms with Crippen molar-refractivity contribution in [2.45, 2.75) is 12.8 Å². The Hall–Kier alpha value is -4.01. The number of piperidine rings is 1. The van der Waals surface area contributed by atoms with Crippen LogP contribution in [0.15, 0.2) is 61.1 Å². The van der Waals surface area contributed by atoms with E-state index in [1.807, 2.05) is 0 Å². The average Bonchev–Trinajstić information content (AvgIpc) is 2.86. The van der Waals surface area contributed by atoms with Gasteiger partial charge in [0, 0.05) is 31.4 Å². The number of anilines is 2. The third-order valence-corrected chi connectivity index (χ3v) is 5.75. The Morgan fingerprint density at radius 2 is 1.85 bits per heavy atom. The van der Waals surface area contributed by atoms with Gasteiger partial charge in [0.15, 0.2) is 11.6 Å². The number of rotatable bonds is 8. The molecule has 2 heterocycles. The molecule has 176 valence electrons. The van der Waals surface area contributed by atoms with Crippen molar-refractivity contribution in [1.82, 2.24) is 14.9 Å². The molecule has 1 aromatic heterocycles. The number of nitrogens with zero attached hydrogens (tertiary/aromatic N) is 3. The molecule has 0 saturated carbocycles. The topological polar surface area (TPSA) is 93.4 Å². The molecule has 0 spiro atoms. The van der Waals surface area contributed by atoms with Gasteiger partial charge in [0.1, 0.15) is 30.0 Å². The molecule has 2 aromatic carbocycles.